The van der Waals surface area contributed by atoms with Gasteiger partial charge in [-0.1, -0.05) is 39.0 Å². The van der Waals surface area contributed by atoms with Crippen LogP contribution in [0, 0.1) is 0 Å². The van der Waals surface area contributed by atoms with E-state index in [4.69, 9.17) is 5.73 Å². The summed E-state index contributed by atoms with van der Waals surface area (Å²) in [7, 11) is 0. The molecule has 0 amide bonds. The van der Waals surface area contributed by atoms with Crippen LogP contribution < -0.4 is 5.73 Å². The van der Waals surface area contributed by atoms with E-state index >= 15 is 0 Å². The maximum absolute atomic E-state index is 5.51. The molecule has 1 aliphatic rings. The summed E-state index contributed by atoms with van der Waals surface area (Å²) in [4.78, 5) is 2.76. The second-order valence-electron chi connectivity index (χ2n) is 5.50. The summed E-state index contributed by atoms with van der Waals surface area (Å²) in [6.45, 7) is 5.90. The molecule has 0 bridgehead atoms. The van der Waals surface area contributed by atoms with Crippen molar-refractivity contribution in [2.45, 2.75) is 77.2 Å². The quantitative estimate of drug-likeness (QED) is 0.657. The van der Waals surface area contributed by atoms with Crippen molar-refractivity contribution in [2.75, 3.05) is 19.6 Å². The van der Waals surface area contributed by atoms with E-state index in [1.165, 1.54) is 77.3 Å². The lowest BCUT2D eigenvalue weighted by atomic mass is 10.1. The molecule has 1 aliphatic heterocycles. The minimum atomic E-state index is 0.865. The number of hydrogen-bond donors (Lipinski definition) is 1. The molecule has 0 spiro atoms. The smallest absolute Gasteiger partial charge is 0.00926 e. The van der Waals surface area contributed by atoms with E-state index in [0.717, 1.165) is 12.6 Å². The van der Waals surface area contributed by atoms with Crippen LogP contribution in [0.4, 0.5) is 0 Å². The molecule has 2 heteroatoms. The standard InChI is InChI=1S/C15H32N2/c1-2-15-11-7-6-10-14-17(15)13-9-5-3-4-8-12-16/h15H,2-14,16H2,1H3. The van der Waals surface area contributed by atoms with Crippen LogP contribution in [0.1, 0.15) is 71.1 Å². The molecular formula is C15H32N2. The first-order valence-corrected chi connectivity index (χ1v) is 7.82. The summed E-state index contributed by atoms with van der Waals surface area (Å²) >= 11 is 0. The zero-order valence-corrected chi connectivity index (χ0v) is 11.8. The van der Waals surface area contributed by atoms with E-state index in [9.17, 15) is 0 Å². The summed E-state index contributed by atoms with van der Waals surface area (Å²) < 4.78 is 0. The van der Waals surface area contributed by atoms with Gasteiger partial charge in [0, 0.05) is 6.04 Å². The van der Waals surface area contributed by atoms with E-state index in [-0.39, 0.29) is 0 Å². The number of nitrogens with two attached hydrogens (primary N) is 1. The van der Waals surface area contributed by atoms with Crippen LogP contribution in [0.5, 0.6) is 0 Å². The Bertz CT molecular complexity index is 170. The molecule has 17 heavy (non-hydrogen) atoms. The summed E-state index contributed by atoms with van der Waals surface area (Å²) in [5.41, 5.74) is 5.51. The molecular weight excluding hydrogens is 208 g/mol. The Morgan fingerprint density at radius 1 is 1.00 bits per heavy atom. The second kappa shape index (κ2) is 9.90. The van der Waals surface area contributed by atoms with Crippen LogP contribution in [-0.4, -0.2) is 30.6 Å². The van der Waals surface area contributed by atoms with Gasteiger partial charge in [0.2, 0.25) is 0 Å². The summed E-state index contributed by atoms with van der Waals surface area (Å²) in [6.07, 6.45) is 13.8. The van der Waals surface area contributed by atoms with Crippen molar-refractivity contribution in [3.8, 4) is 0 Å². The van der Waals surface area contributed by atoms with Crippen LogP contribution >= 0.6 is 0 Å². The second-order valence-corrected chi connectivity index (χ2v) is 5.50. The molecule has 2 nitrogen and oxygen atoms in total. The average Bonchev–Trinajstić information content (AvgIpc) is 2.58. The third-order valence-corrected chi connectivity index (χ3v) is 4.12. The van der Waals surface area contributed by atoms with E-state index in [1.54, 1.807) is 0 Å². The molecule has 1 rings (SSSR count). The predicted molar refractivity (Wildman–Crippen MR) is 76.3 cm³/mol. The van der Waals surface area contributed by atoms with Crippen molar-refractivity contribution in [3.63, 3.8) is 0 Å². The van der Waals surface area contributed by atoms with Crippen molar-refractivity contribution in [3.05, 3.63) is 0 Å². The molecule has 1 atom stereocenters. The fourth-order valence-corrected chi connectivity index (χ4v) is 2.98. The lowest BCUT2D eigenvalue weighted by Crippen LogP contribution is -2.35. The van der Waals surface area contributed by atoms with Crippen LogP contribution in [0.25, 0.3) is 0 Å². The molecule has 1 unspecified atom stereocenters. The summed E-state index contributed by atoms with van der Waals surface area (Å²) in [5, 5.41) is 0. The van der Waals surface area contributed by atoms with Crippen molar-refractivity contribution < 1.29 is 0 Å². The van der Waals surface area contributed by atoms with E-state index in [2.05, 4.69) is 11.8 Å². The van der Waals surface area contributed by atoms with E-state index in [0.29, 0.717) is 0 Å². The van der Waals surface area contributed by atoms with Gasteiger partial charge in [-0.15, -0.1) is 0 Å². The van der Waals surface area contributed by atoms with E-state index in [1.807, 2.05) is 0 Å². The lowest BCUT2D eigenvalue weighted by Gasteiger charge is -2.29. The third-order valence-electron chi connectivity index (χ3n) is 4.12. The summed E-state index contributed by atoms with van der Waals surface area (Å²) in [5.74, 6) is 0. The fourth-order valence-electron chi connectivity index (χ4n) is 2.98. The van der Waals surface area contributed by atoms with E-state index < -0.39 is 0 Å². The monoisotopic (exact) mass is 240 g/mol. The zero-order valence-electron chi connectivity index (χ0n) is 11.8. The minimum absolute atomic E-state index is 0.865. The Labute approximate surface area is 108 Å². The highest BCUT2D eigenvalue weighted by Crippen LogP contribution is 2.19. The van der Waals surface area contributed by atoms with Crippen molar-refractivity contribution in [1.82, 2.24) is 4.90 Å². The van der Waals surface area contributed by atoms with Gasteiger partial charge >= 0.3 is 0 Å². The Hall–Kier alpha value is -0.0800. The number of likely N-dealkylation sites (tertiary alicyclic amines) is 1. The lowest BCUT2D eigenvalue weighted by molar-refractivity contribution is 0.190. The van der Waals surface area contributed by atoms with Crippen molar-refractivity contribution in [1.29, 1.82) is 0 Å². The first-order chi connectivity index (χ1) is 8.38. The number of rotatable bonds is 8. The van der Waals surface area contributed by atoms with Gasteiger partial charge in [-0.3, -0.25) is 0 Å². The van der Waals surface area contributed by atoms with Crippen LogP contribution in [0.3, 0.4) is 0 Å². The first kappa shape index (κ1) is 15.0. The molecule has 102 valence electrons. The van der Waals surface area contributed by atoms with Gasteiger partial charge in [0.15, 0.2) is 0 Å². The maximum Gasteiger partial charge on any atom is 0.00926 e. The summed E-state index contributed by atoms with van der Waals surface area (Å²) in [6, 6.07) is 0.876. The first-order valence-electron chi connectivity index (χ1n) is 7.82. The van der Waals surface area contributed by atoms with Gasteiger partial charge in [0.1, 0.15) is 0 Å². The van der Waals surface area contributed by atoms with Gasteiger partial charge in [0.05, 0.1) is 0 Å². The zero-order chi connectivity index (χ0) is 12.3. The highest BCUT2D eigenvalue weighted by Gasteiger charge is 2.18. The number of unbranched alkanes of at least 4 members (excludes halogenated alkanes) is 4. The minimum Gasteiger partial charge on any atom is -0.330 e. The van der Waals surface area contributed by atoms with Gasteiger partial charge < -0.3 is 10.6 Å². The molecule has 1 saturated heterocycles. The Balaban J connectivity index is 2.10. The van der Waals surface area contributed by atoms with Crippen molar-refractivity contribution in [2.24, 2.45) is 5.73 Å². The molecule has 0 saturated carbocycles. The van der Waals surface area contributed by atoms with Crippen LogP contribution in [-0.2, 0) is 0 Å². The Morgan fingerprint density at radius 3 is 2.53 bits per heavy atom. The van der Waals surface area contributed by atoms with Gasteiger partial charge in [-0.25, -0.2) is 0 Å². The van der Waals surface area contributed by atoms with Crippen molar-refractivity contribution >= 4 is 0 Å². The molecule has 0 aromatic carbocycles. The van der Waals surface area contributed by atoms with Gasteiger partial charge in [0.25, 0.3) is 0 Å². The molecule has 0 aromatic heterocycles. The fraction of sp³-hybridized carbons (Fsp3) is 1.00. The molecule has 2 N–H and O–H groups in total. The maximum atomic E-state index is 5.51. The topological polar surface area (TPSA) is 29.3 Å². The Kier molecular flexibility index (Phi) is 8.72. The Morgan fingerprint density at radius 2 is 1.76 bits per heavy atom. The van der Waals surface area contributed by atoms with Crippen LogP contribution in [0.2, 0.25) is 0 Å². The number of nitrogens with zero attached hydrogens (tertiary/aromatic N) is 1. The molecule has 0 radical (unpaired) electrons. The highest BCUT2D eigenvalue weighted by atomic mass is 15.1. The molecule has 1 fully saturated rings. The third kappa shape index (κ3) is 6.42. The molecule has 1 heterocycles. The highest BCUT2D eigenvalue weighted by molar-refractivity contribution is 4.74. The predicted octanol–water partition coefficient (Wildman–Crippen LogP) is 3.55. The van der Waals surface area contributed by atoms with Crippen LogP contribution in [0.15, 0.2) is 0 Å². The number of hydrogen-bond acceptors (Lipinski definition) is 2. The SMILES string of the molecule is CCC1CCCCCN1CCCCCCCN. The average molecular weight is 240 g/mol. The molecule has 0 aliphatic carbocycles. The molecule has 0 aromatic rings. The van der Waals surface area contributed by atoms with Gasteiger partial charge in [-0.2, -0.15) is 0 Å². The largest absolute Gasteiger partial charge is 0.330 e. The van der Waals surface area contributed by atoms with Gasteiger partial charge in [-0.05, 0) is 51.7 Å². The normalized spacial score (nSPS) is 22.6.